The summed E-state index contributed by atoms with van der Waals surface area (Å²) in [5.41, 5.74) is 0.0491. The van der Waals surface area contributed by atoms with Crippen LogP contribution < -0.4 is 0 Å². The van der Waals surface area contributed by atoms with Crippen molar-refractivity contribution in [1.29, 1.82) is 0 Å². The molecule has 1 heterocycles. The van der Waals surface area contributed by atoms with Gasteiger partial charge >= 0.3 is 6.09 Å². The highest BCUT2D eigenvalue weighted by Crippen LogP contribution is 2.37. The van der Waals surface area contributed by atoms with E-state index in [1.54, 1.807) is 29.2 Å². The largest absolute Gasteiger partial charge is 0.444 e. The molecule has 0 bridgehead atoms. The lowest BCUT2D eigenvalue weighted by Gasteiger charge is -2.36. The van der Waals surface area contributed by atoms with E-state index in [1.807, 2.05) is 20.8 Å². The Bertz CT molecular complexity index is 549. The molecule has 24 heavy (non-hydrogen) atoms. The summed E-state index contributed by atoms with van der Waals surface area (Å²) in [6, 6.07) is 6.61. The molecule has 1 amide bonds. The molecule has 0 aromatic heterocycles. The van der Waals surface area contributed by atoms with E-state index in [4.69, 9.17) is 16.3 Å². The first-order chi connectivity index (χ1) is 11.2. The summed E-state index contributed by atoms with van der Waals surface area (Å²) in [6.07, 6.45) is -1.74. The van der Waals surface area contributed by atoms with Crippen molar-refractivity contribution in [3.63, 3.8) is 0 Å². The molecule has 1 unspecified atom stereocenters. The van der Waals surface area contributed by atoms with Crippen molar-refractivity contribution in [1.82, 2.24) is 4.90 Å². The molecule has 1 aliphatic heterocycles. The van der Waals surface area contributed by atoms with E-state index in [9.17, 15) is 13.6 Å². The Kier molecular flexibility index (Phi) is 6.07. The Labute approximate surface area is 146 Å². The van der Waals surface area contributed by atoms with Crippen molar-refractivity contribution in [3.8, 4) is 0 Å². The van der Waals surface area contributed by atoms with Gasteiger partial charge in [-0.2, -0.15) is 0 Å². The van der Waals surface area contributed by atoms with Crippen molar-refractivity contribution in [3.05, 3.63) is 34.9 Å². The highest BCUT2D eigenvalue weighted by atomic mass is 35.5. The summed E-state index contributed by atoms with van der Waals surface area (Å²) in [4.78, 5) is 13.7. The van der Waals surface area contributed by atoms with Gasteiger partial charge in [-0.3, -0.25) is 0 Å². The van der Waals surface area contributed by atoms with E-state index in [-0.39, 0.29) is 12.0 Å². The lowest BCUT2D eigenvalue weighted by molar-refractivity contribution is 0.0117. The minimum atomic E-state index is -2.44. The van der Waals surface area contributed by atoms with Crippen LogP contribution in [-0.4, -0.2) is 36.1 Å². The van der Waals surface area contributed by atoms with Crippen molar-refractivity contribution in [2.24, 2.45) is 5.92 Å². The molecule has 1 aromatic carbocycles. The van der Waals surface area contributed by atoms with Gasteiger partial charge in [-0.25, -0.2) is 13.6 Å². The topological polar surface area (TPSA) is 29.5 Å². The smallest absolute Gasteiger partial charge is 0.410 e. The molecule has 2 rings (SSSR count). The Morgan fingerprint density at radius 2 is 1.75 bits per heavy atom. The number of amides is 1. The second kappa shape index (κ2) is 7.68. The van der Waals surface area contributed by atoms with Crippen LogP contribution in [-0.2, 0) is 4.74 Å². The van der Waals surface area contributed by atoms with Crippen LogP contribution in [0.15, 0.2) is 24.3 Å². The summed E-state index contributed by atoms with van der Waals surface area (Å²) < 4.78 is 32.6. The number of alkyl halides is 2. The van der Waals surface area contributed by atoms with Gasteiger partial charge in [0.05, 0.1) is 0 Å². The number of ether oxygens (including phenoxy) is 1. The maximum absolute atomic E-state index is 13.6. The molecule has 0 spiro atoms. The molecule has 3 nitrogen and oxygen atoms in total. The highest BCUT2D eigenvalue weighted by molar-refractivity contribution is 6.30. The van der Waals surface area contributed by atoms with Gasteiger partial charge < -0.3 is 9.64 Å². The fourth-order valence-corrected chi connectivity index (χ4v) is 3.20. The van der Waals surface area contributed by atoms with Gasteiger partial charge in [0, 0.05) is 24.0 Å². The lowest BCUT2D eigenvalue weighted by Crippen LogP contribution is -2.43. The van der Waals surface area contributed by atoms with Crippen LogP contribution in [0.4, 0.5) is 13.6 Å². The number of benzene rings is 1. The summed E-state index contributed by atoms with van der Waals surface area (Å²) in [5.74, 6) is -0.993. The maximum Gasteiger partial charge on any atom is 0.410 e. The number of hydrogen-bond acceptors (Lipinski definition) is 2. The van der Waals surface area contributed by atoms with Crippen molar-refractivity contribution < 1.29 is 18.3 Å². The number of carbonyl (C=O) groups is 1. The second-order valence-electron chi connectivity index (χ2n) is 7.22. The van der Waals surface area contributed by atoms with Crippen LogP contribution in [0, 0.1) is 5.92 Å². The van der Waals surface area contributed by atoms with Gasteiger partial charge in [-0.1, -0.05) is 23.7 Å². The molecule has 0 radical (unpaired) electrons. The zero-order valence-electron chi connectivity index (χ0n) is 14.3. The van der Waals surface area contributed by atoms with Gasteiger partial charge in [0.1, 0.15) is 5.60 Å². The zero-order valence-corrected chi connectivity index (χ0v) is 15.0. The number of carbonyl (C=O) groups excluding carboxylic acids is 1. The Morgan fingerprint density at radius 1 is 1.21 bits per heavy atom. The molecule has 0 saturated carbocycles. The van der Waals surface area contributed by atoms with Gasteiger partial charge in [0.2, 0.25) is 6.43 Å². The Hall–Kier alpha value is -1.36. The molecule has 1 saturated heterocycles. The fourth-order valence-electron chi connectivity index (χ4n) is 3.08. The molecular formula is C18H24ClF2NO2. The predicted molar refractivity (Wildman–Crippen MR) is 90.7 cm³/mol. The van der Waals surface area contributed by atoms with Gasteiger partial charge in [-0.15, -0.1) is 0 Å². The molecule has 1 fully saturated rings. The van der Waals surface area contributed by atoms with E-state index in [0.29, 0.717) is 36.5 Å². The normalized spacial score (nSPS) is 17.9. The fraction of sp³-hybridized carbons (Fsp3) is 0.611. The summed E-state index contributed by atoms with van der Waals surface area (Å²) in [5, 5.41) is 0.534. The number of piperidine rings is 1. The molecule has 1 aromatic rings. The van der Waals surface area contributed by atoms with Crippen LogP contribution >= 0.6 is 11.6 Å². The van der Waals surface area contributed by atoms with Crippen molar-refractivity contribution >= 4 is 17.7 Å². The predicted octanol–water partition coefficient (Wildman–Crippen LogP) is 5.34. The molecular weight excluding hydrogens is 336 g/mol. The third-order valence-corrected chi connectivity index (χ3v) is 4.48. The zero-order chi connectivity index (χ0) is 17.9. The maximum atomic E-state index is 13.6. The van der Waals surface area contributed by atoms with Gasteiger partial charge in [0.25, 0.3) is 0 Å². The SMILES string of the molecule is CC(C)(C)OC(=O)N1CCC(C(c2ccc(Cl)cc2)C(F)F)CC1. The average molecular weight is 360 g/mol. The lowest BCUT2D eigenvalue weighted by atomic mass is 9.80. The standard InChI is InChI=1S/C18H24ClF2NO2/c1-18(2,3)24-17(23)22-10-8-13(9-11-22)15(16(20)21)12-4-6-14(19)7-5-12/h4-7,13,15-16H,8-11H2,1-3H3. The Balaban J connectivity index is 2.01. The van der Waals surface area contributed by atoms with E-state index in [1.165, 1.54) is 0 Å². The van der Waals surface area contributed by atoms with Crippen molar-refractivity contribution in [2.45, 2.75) is 51.6 Å². The minimum absolute atomic E-state index is 0.162. The molecule has 6 heteroatoms. The molecule has 134 valence electrons. The Morgan fingerprint density at radius 3 is 2.21 bits per heavy atom. The second-order valence-corrected chi connectivity index (χ2v) is 7.65. The number of halogens is 3. The van der Waals surface area contributed by atoms with Crippen molar-refractivity contribution in [2.75, 3.05) is 13.1 Å². The number of nitrogens with zero attached hydrogens (tertiary/aromatic N) is 1. The van der Waals surface area contributed by atoms with Crippen LogP contribution in [0.2, 0.25) is 5.02 Å². The van der Waals surface area contributed by atoms with E-state index < -0.39 is 17.9 Å². The van der Waals surface area contributed by atoms with Crippen LogP contribution in [0.1, 0.15) is 45.1 Å². The summed E-state index contributed by atoms with van der Waals surface area (Å²) in [7, 11) is 0. The first kappa shape index (κ1) is 19.0. The van der Waals surface area contributed by atoms with Crippen LogP contribution in [0.5, 0.6) is 0 Å². The molecule has 1 atom stereocenters. The molecule has 0 aliphatic carbocycles. The third-order valence-electron chi connectivity index (χ3n) is 4.23. The number of hydrogen-bond donors (Lipinski definition) is 0. The van der Waals surface area contributed by atoms with E-state index in [0.717, 1.165) is 0 Å². The summed E-state index contributed by atoms with van der Waals surface area (Å²) in [6.45, 7) is 6.31. The highest BCUT2D eigenvalue weighted by Gasteiger charge is 2.35. The molecule has 1 aliphatic rings. The van der Waals surface area contributed by atoms with Gasteiger partial charge in [-0.05, 0) is 57.2 Å². The minimum Gasteiger partial charge on any atom is -0.444 e. The number of likely N-dealkylation sites (tertiary alicyclic amines) is 1. The quantitative estimate of drug-likeness (QED) is 0.729. The first-order valence-electron chi connectivity index (χ1n) is 8.19. The average Bonchev–Trinajstić information content (AvgIpc) is 2.48. The van der Waals surface area contributed by atoms with E-state index in [2.05, 4.69) is 0 Å². The van der Waals surface area contributed by atoms with E-state index >= 15 is 0 Å². The number of rotatable bonds is 3. The van der Waals surface area contributed by atoms with Crippen LogP contribution in [0.3, 0.4) is 0 Å². The third kappa shape index (κ3) is 5.07. The first-order valence-corrected chi connectivity index (χ1v) is 8.57. The summed E-state index contributed by atoms with van der Waals surface area (Å²) >= 11 is 5.84. The van der Waals surface area contributed by atoms with Gasteiger partial charge in [0.15, 0.2) is 0 Å². The monoisotopic (exact) mass is 359 g/mol. The van der Waals surface area contributed by atoms with Crippen LogP contribution in [0.25, 0.3) is 0 Å². The molecule has 0 N–H and O–H groups in total.